The lowest BCUT2D eigenvalue weighted by Crippen LogP contribution is -2.36. The van der Waals surface area contributed by atoms with Crippen molar-refractivity contribution in [3.05, 3.63) is 71.1 Å². The lowest BCUT2D eigenvalue weighted by Gasteiger charge is -2.22. The predicted molar refractivity (Wildman–Crippen MR) is 101 cm³/mol. The molecule has 7 nitrogen and oxygen atoms in total. The number of hydrogen-bond acceptors (Lipinski definition) is 5. The fraction of sp³-hybridized carbons (Fsp3) is 0.300. The first-order valence-electron chi connectivity index (χ1n) is 9.01. The highest BCUT2D eigenvalue weighted by atomic mass is 19.1. The number of rotatable bonds is 7. The molecule has 152 valence electrons. The van der Waals surface area contributed by atoms with Crippen molar-refractivity contribution in [2.24, 2.45) is 0 Å². The van der Waals surface area contributed by atoms with Crippen molar-refractivity contribution in [1.29, 1.82) is 0 Å². The summed E-state index contributed by atoms with van der Waals surface area (Å²) >= 11 is 0. The molecule has 1 amide bonds. The Labute approximate surface area is 166 Å². The number of aromatic nitrogens is 4. The Balaban J connectivity index is 1.87. The Morgan fingerprint density at radius 2 is 1.97 bits per heavy atom. The molecule has 0 aliphatic rings. The molecule has 2 unspecified atom stereocenters. The van der Waals surface area contributed by atoms with Crippen molar-refractivity contribution in [2.45, 2.75) is 32.4 Å². The summed E-state index contributed by atoms with van der Waals surface area (Å²) in [5.74, 6) is -0.317. The Kier molecular flexibility index (Phi) is 6.16. The zero-order valence-electron chi connectivity index (χ0n) is 16.3. The third-order valence-corrected chi connectivity index (χ3v) is 4.59. The third-order valence-electron chi connectivity index (χ3n) is 4.59. The maximum Gasteiger partial charge on any atom is 0.245 e. The molecule has 1 aromatic heterocycles. The molecule has 1 N–H and O–H groups in total. The Morgan fingerprint density at radius 3 is 2.62 bits per heavy atom. The van der Waals surface area contributed by atoms with Gasteiger partial charge in [0, 0.05) is 12.0 Å². The summed E-state index contributed by atoms with van der Waals surface area (Å²) in [6.07, 6.45) is 0.183. The van der Waals surface area contributed by atoms with Crippen LogP contribution in [0, 0.1) is 18.6 Å². The predicted octanol–water partition coefficient (Wildman–Crippen LogP) is 2.93. The summed E-state index contributed by atoms with van der Waals surface area (Å²) in [6, 6.07) is 8.74. The number of tetrazole rings is 1. The molecule has 2 atom stereocenters. The van der Waals surface area contributed by atoms with Gasteiger partial charge in [-0.3, -0.25) is 4.79 Å². The van der Waals surface area contributed by atoms with E-state index in [-0.39, 0.29) is 12.3 Å². The Bertz CT molecular complexity index is 1010. The molecule has 0 saturated carbocycles. The largest absolute Gasteiger partial charge is 0.496 e. The quantitative estimate of drug-likeness (QED) is 0.658. The van der Waals surface area contributed by atoms with Crippen LogP contribution in [0.15, 0.2) is 42.5 Å². The summed E-state index contributed by atoms with van der Waals surface area (Å²) in [5.41, 5.74) is 1.12. The van der Waals surface area contributed by atoms with E-state index >= 15 is 0 Å². The van der Waals surface area contributed by atoms with Crippen LogP contribution in [0.1, 0.15) is 36.0 Å². The van der Waals surface area contributed by atoms with Crippen LogP contribution < -0.4 is 10.1 Å². The number of carbonyl (C=O) groups is 1. The maximum absolute atomic E-state index is 13.7. The van der Waals surface area contributed by atoms with Gasteiger partial charge in [-0.25, -0.2) is 13.5 Å². The number of nitrogens with zero attached hydrogens (tertiary/aromatic N) is 4. The normalized spacial score (nSPS) is 13.0. The highest BCUT2D eigenvalue weighted by Gasteiger charge is 2.26. The van der Waals surface area contributed by atoms with Crippen molar-refractivity contribution in [1.82, 2.24) is 25.5 Å². The monoisotopic (exact) mass is 401 g/mol. The molecular formula is C20H21F2N5O2. The minimum absolute atomic E-state index is 0.183. The lowest BCUT2D eigenvalue weighted by atomic mass is 10.0. The molecule has 0 radical (unpaired) electrons. The van der Waals surface area contributed by atoms with Crippen LogP contribution in [-0.4, -0.2) is 33.2 Å². The minimum Gasteiger partial charge on any atom is -0.496 e. The highest BCUT2D eigenvalue weighted by molar-refractivity contribution is 5.81. The molecule has 9 heteroatoms. The first-order chi connectivity index (χ1) is 13.9. The fourth-order valence-electron chi connectivity index (χ4n) is 3.13. The van der Waals surface area contributed by atoms with E-state index in [0.717, 1.165) is 0 Å². The second-order valence-electron chi connectivity index (χ2n) is 6.64. The number of nitrogens with one attached hydrogen (secondary N) is 1. The number of amides is 1. The summed E-state index contributed by atoms with van der Waals surface area (Å²) < 4.78 is 34.0. The second-order valence-corrected chi connectivity index (χ2v) is 6.64. The zero-order chi connectivity index (χ0) is 21.0. The van der Waals surface area contributed by atoms with Gasteiger partial charge in [0.1, 0.15) is 29.3 Å². The average Bonchev–Trinajstić information content (AvgIpc) is 3.11. The van der Waals surface area contributed by atoms with Crippen LogP contribution in [-0.2, 0) is 11.2 Å². The van der Waals surface area contributed by atoms with Gasteiger partial charge in [-0.1, -0.05) is 12.1 Å². The van der Waals surface area contributed by atoms with Crippen molar-refractivity contribution in [3.8, 4) is 5.75 Å². The first-order valence-corrected chi connectivity index (χ1v) is 9.01. The molecule has 0 bridgehead atoms. The van der Waals surface area contributed by atoms with Crippen LogP contribution >= 0.6 is 0 Å². The molecule has 29 heavy (non-hydrogen) atoms. The van der Waals surface area contributed by atoms with Gasteiger partial charge in [-0.15, -0.1) is 5.10 Å². The summed E-state index contributed by atoms with van der Waals surface area (Å²) in [4.78, 5) is 13.1. The van der Waals surface area contributed by atoms with Crippen molar-refractivity contribution in [3.63, 3.8) is 0 Å². The number of methoxy groups -OCH3 is 1. The summed E-state index contributed by atoms with van der Waals surface area (Å²) in [5, 5.41) is 14.2. The van der Waals surface area contributed by atoms with Gasteiger partial charge >= 0.3 is 0 Å². The van der Waals surface area contributed by atoms with Gasteiger partial charge in [0.15, 0.2) is 0 Å². The van der Waals surface area contributed by atoms with Crippen LogP contribution in [0.25, 0.3) is 0 Å². The topological polar surface area (TPSA) is 81.9 Å². The van der Waals surface area contributed by atoms with E-state index in [1.807, 2.05) is 0 Å². The molecule has 0 spiro atoms. The Morgan fingerprint density at radius 1 is 1.21 bits per heavy atom. The van der Waals surface area contributed by atoms with E-state index in [0.29, 0.717) is 22.7 Å². The van der Waals surface area contributed by atoms with Crippen molar-refractivity contribution < 1.29 is 18.3 Å². The van der Waals surface area contributed by atoms with Crippen LogP contribution in [0.3, 0.4) is 0 Å². The molecule has 0 aliphatic heterocycles. The molecule has 0 aliphatic carbocycles. The number of ether oxygens (including phenoxy) is 1. The van der Waals surface area contributed by atoms with Crippen LogP contribution in [0.5, 0.6) is 5.75 Å². The zero-order valence-corrected chi connectivity index (χ0v) is 16.3. The fourth-order valence-corrected chi connectivity index (χ4v) is 3.13. The molecule has 1 heterocycles. The van der Waals surface area contributed by atoms with Crippen molar-refractivity contribution in [2.75, 3.05) is 7.11 Å². The number of aryl methyl sites for hydroxylation is 1. The molecule has 3 aromatic rings. The van der Waals surface area contributed by atoms with E-state index in [9.17, 15) is 13.6 Å². The van der Waals surface area contributed by atoms with Gasteiger partial charge in [-0.05, 0) is 60.2 Å². The number of halogens is 2. The van der Waals surface area contributed by atoms with Crippen LogP contribution in [0.4, 0.5) is 8.78 Å². The number of hydrogen-bond donors (Lipinski definition) is 1. The molecule has 2 aromatic carbocycles. The number of carbonyl (C=O) groups excluding carboxylic acids is 1. The lowest BCUT2D eigenvalue weighted by molar-refractivity contribution is -0.125. The summed E-state index contributed by atoms with van der Waals surface area (Å²) in [7, 11) is 1.47. The standard InChI is InChI=1S/C20H21F2N5O2/c1-12(17-11-16(22)7-8-19(17)29-3)23-20(28)18(27-13(2)24-25-26-27)10-14-5-4-6-15(21)9-14/h4-9,11-12,18H,10H2,1-3H3,(H,23,28). The van der Waals surface area contributed by atoms with E-state index in [4.69, 9.17) is 4.74 Å². The van der Waals surface area contributed by atoms with Gasteiger partial charge in [-0.2, -0.15) is 0 Å². The van der Waals surface area contributed by atoms with E-state index < -0.39 is 23.7 Å². The molecule has 0 fully saturated rings. The van der Waals surface area contributed by atoms with Gasteiger partial charge in [0.05, 0.1) is 13.2 Å². The van der Waals surface area contributed by atoms with Crippen LogP contribution in [0.2, 0.25) is 0 Å². The first kappa shape index (κ1) is 20.4. The average molecular weight is 401 g/mol. The van der Waals surface area contributed by atoms with Crippen molar-refractivity contribution >= 4 is 5.91 Å². The van der Waals surface area contributed by atoms with E-state index in [1.54, 1.807) is 26.0 Å². The summed E-state index contributed by atoms with van der Waals surface area (Å²) in [6.45, 7) is 3.39. The van der Waals surface area contributed by atoms with E-state index in [2.05, 4.69) is 20.8 Å². The van der Waals surface area contributed by atoms with Gasteiger partial charge < -0.3 is 10.1 Å². The number of benzene rings is 2. The van der Waals surface area contributed by atoms with Gasteiger partial charge in [0.2, 0.25) is 5.91 Å². The molecule has 0 saturated heterocycles. The third kappa shape index (κ3) is 4.74. The minimum atomic E-state index is -0.811. The highest BCUT2D eigenvalue weighted by Crippen LogP contribution is 2.27. The SMILES string of the molecule is COc1ccc(F)cc1C(C)NC(=O)C(Cc1cccc(F)c1)n1nnnc1C. The van der Waals surface area contributed by atoms with Gasteiger partial charge in [0.25, 0.3) is 0 Å². The smallest absolute Gasteiger partial charge is 0.245 e. The Hall–Kier alpha value is -3.36. The van der Waals surface area contributed by atoms with E-state index in [1.165, 1.54) is 42.1 Å². The molecular weight excluding hydrogens is 380 g/mol. The second kappa shape index (κ2) is 8.76. The molecule has 3 rings (SSSR count). The maximum atomic E-state index is 13.7.